The predicted molar refractivity (Wildman–Crippen MR) is 101 cm³/mol. The van der Waals surface area contributed by atoms with Crippen LogP contribution >= 0.6 is 0 Å². The van der Waals surface area contributed by atoms with Crippen molar-refractivity contribution in [3.05, 3.63) is 53.6 Å². The molecule has 0 saturated carbocycles. The van der Waals surface area contributed by atoms with Crippen LogP contribution in [0, 0.1) is 0 Å². The Morgan fingerprint density at radius 3 is 2.54 bits per heavy atom. The van der Waals surface area contributed by atoms with E-state index in [0.29, 0.717) is 0 Å². The number of benzene rings is 2. The maximum atomic E-state index is 4.44. The van der Waals surface area contributed by atoms with Gasteiger partial charge in [0.05, 0.1) is 11.2 Å². The maximum Gasteiger partial charge on any atom is 0.113 e. The molecule has 0 amide bonds. The van der Waals surface area contributed by atoms with Crippen LogP contribution in [0.5, 0.6) is 0 Å². The van der Waals surface area contributed by atoms with Crippen LogP contribution in [0.25, 0.3) is 16.7 Å². The SMILES string of the molecule is CCCCCc1ccc2c(c1)nnn2-c1ccccc1C(C)(C)C. The van der Waals surface area contributed by atoms with Crippen LogP contribution in [0.2, 0.25) is 0 Å². The van der Waals surface area contributed by atoms with Crippen LogP contribution < -0.4 is 0 Å². The van der Waals surface area contributed by atoms with Gasteiger partial charge in [-0.2, -0.15) is 0 Å². The maximum absolute atomic E-state index is 4.44. The largest absolute Gasteiger partial charge is 0.213 e. The van der Waals surface area contributed by atoms with Gasteiger partial charge in [-0.05, 0) is 47.6 Å². The van der Waals surface area contributed by atoms with E-state index in [1.165, 1.54) is 30.4 Å². The van der Waals surface area contributed by atoms with Crippen LogP contribution in [0.1, 0.15) is 58.1 Å². The van der Waals surface area contributed by atoms with Crippen molar-refractivity contribution in [1.82, 2.24) is 15.0 Å². The highest BCUT2D eigenvalue weighted by atomic mass is 15.4. The Balaban J connectivity index is 2.00. The highest BCUT2D eigenvalue weighted by molar-refractivity contribution is 5.77. The molecule has 0 radical (unpaired) electrons. The first kappa shape index (κ1) is 16.7. The van der Waals surface area contributed by atoms with Gasteiger partial charge < -0.3 is 0 Å². The van der Waals surface area contributed by atoms with Gasteiger partial charge in [-0.15, -0.1) is 5.10 Å². The summed E-state index contributed by atoms with van der Waals surface area (Å²) in [4.78, 5) is 0. The molecule has 0 bridgehead atoms. The van der Waals surface area contributed by atoms with Gasteiger partial charge in [0.2, 0.25) is 0 Å². The van der Waals surface area contributed by atoms with E-state index in [9.17, 15) is 0 Å². The van der Waals surface area contributed by atoms with E-state index in [4.69, 9.17) is 0 Å². The number of nitrogens with zero attached hydrogens (tertiary/aromatic N) is 3. The number of aromatic nitrogens is 3. The Morgan fingerprint density at radius 2 is 1.79 bits per heavy atom. The minimum absolute atomic E-state index is 0.0644. The molecule has 0 aliphatic rings. The number of unbranched alkanes of at least 4 members (excludes halogenated alkanes) is 2. The lowest BCUT2D eigenvalue weighted by molar-refractivity contribution is 0.583. The number of para-hydroxylation sites is 1. The molecule has 0 aliphatic heterocycles. The van der Waals surface area contributed by atoms with Crippen molar-refractivity contribution >= 4 is 11.0 Å². The van der Waals surface area contributed by atoms with Gasteiger partial charge in [0.15, 0.2) is 0 Å². The quantitative estimate of drug-likeness (QED) is 0.585. The van der Waals surface area contributed by atoms with Crippen LogP contribution in [-0.4, -0.2) is 15.0 Å². The summed E-state index contributed by atoms with van der Waals surface area (Å²) in [5, 5.41) is 8.86. The summed E-state index contributed by atoms with van der Waals surface area (Å²) >= 11 is 0. The molecule has 3 rings (SSSR count). The third-order valence-electron chi connectivity index (χ3n) is 4.52. The van der Waals surface area contributed by atoms with Gasteiger partial charge in [0.1, 0.15) is 5.52 Å². The highest BCUT2D eigenvalue weighted by Gasteiger charge is 2.20. The summed E-state index contributed by atoms with van der Waals surface area (Å²) in [6.45, 7) is 8.94. The molecule has 0 saturated heterocycles. The van der Waals surface area contributed by atoms with E-state index < -0.39 is 0 Å². The smallest absolute Gasteiger partial charge is 0.113 e. The van der Waals surface area contributed by atoms with Gasteiger partial charge in [0.25, 0.3) is 0 Å². The van der Waals surface area contributed by atoms with Crippen LogP contribution in [-0.2, 0) is 11.8 Å². The molecular weight excluding hydrogens is 294 g/mol. The van der Waals surface area contributed by atoms with Gasteiger partial charge in [-0.1, -0.05) is 70.0 Å². The van der Waals surface area contributed by atoms with E-state index in [2.05, 4.69) is 80.5 Å². The highest BCUT2D eigenvalue weighted by Crippen LogP contribution is 2.29. The topological polar surface area (TPSA) is 30.7 Å². The second kappa shape index (κ2) is 6.76. The van der Waals surface area contributed by atoms with E-state index in [0.717, 1.165) is 23.1 Å². The lowest BCUT2D eigenvalue weighted by atomic mass is 9.86. The second-order valence-electron chi connectivity index (χ2n) is 7.55. The summed E-state index contributed by atoms with van der Waals surface area (Å²) < 4.78 is 1.98. The standard InChI is InChI=1S/C21H27N3/c1-5-6-7-10-16-13-14-20-18(15-16)22-23-24(20)19-12-9-8-11-17(19)21(2,3)4/h8-9,11-15H,5-7,10H2,1-4H3. The second-order valence-corrected chi connectivity index (χ2v) is 7.55. The van der Waals surface area contributed by atoms with Gasteiger partial charge >= 0.3 is 0 Å². The Bertz CT molecular complexity index is 824. The van der Waals surface area contributed by atoms with E-state index >= 15 is 0 Å². The first-order valence-electron chi connectivity index (χ1n) is 8.95. The zero-order valence-electron chi connectivity index (χ0n) is 15.2. The number of aryl methyl sites for hydroxylation is 1. The number of hydrogen-bond acceptors (Lipinski definition) is 2. The first-order chi connectivity index (χ1) is 11.5. The van der Waals surface area contributed by atoms with Crippen molar-refractivity contribution in [2.24, 2.45) is 0 Å². The molecule has 24 heavy (non-hydrogen) atoms. The Kier molecular flexibility index (Phi) is 4.70. The van der Waals surface area contributed by atoms with Crippen molar-refractivity contribution in [2.45, 2.75) is 58.8 Å². The van der Waals surface area contributed by atoms with Crippen molar-refractivity contribution in [3.8, 4) is 5.69 Å². The normalized spacial score (nSPS) is 12.0. The Hall–Kier alpha value is -2.16. The van der Waals surface area contributed by atoms with Crippen molar-refractivity contribution in [3.63, 3.8) is 0 Å². The van der Waals surface area contributed by atoms with Crippen LogP contribution in [0.4, 0.5) is 0 Å². The van der Waals surface area contributed by atoms with E-state index in [-0.39, 0.29) is 5.41 Å². The molecule has 0 N–H and O–H groups in total. The third kappa shape index (κ3) is 3.35. The fraction of sp³-hybridized carbons (Fsp3) is 0.429. The molecule has 0 aliphatic carbocycles. The van der Waals surface area contributed by atoms with Crippen molar-refractivity contribution < 1.29 is 0 Å². The molecule has 3 aromatic rings. The average Bonchev–Trinajstić information content (AvgIpc) is 2.97. The zero-order valence-corrected chi connectivity index (χ0v) is 15.2. The fourth-order valence-corrected chi connectivity index (χ4v) is 3.17. The summed E-state index contributed by atoms with van der Waals surface area (Å²) in [5.41, 5.74) is 5.87. The first-order valence-corrected chi connectivity index (χ1v) is 8.95. The van der Waals surface area contributed by atoms with E-state index in [1.54, 1.807) is 0 Å². The van der Waals surface area contributed by atoms with Gasteiger partial charge in [-0.3, -0.25) is 0 Å². The summed E-state index contributed by atoms with van der Waals surface area (Å²) in [6, 6.07) is 15.0. The molecule has 0 fully saturated rings. The molecule has 2 aromatic carbocycles. The zero-order chi connectivity index (χ0) is 17.2. The lowest BCUT2D eigenvalue weighted by Gasteiger charge is -2.22. The van der Waals surface area contributed by atoms with Crippen molar-refractivity contribution in [1.29, 1.82) is 0 Å². The lowest BCUT2D eigenvalue weighted by Crippen LogP contribution is -2.15. The summed E-state index contributed by atoms with van der Waals surface area (Å²) in [7, 11) is 0. The van der Waals surface area contributed by atoms with Crippen LogP contribution in [0.15, 0.2) is 42.5 Å². The fourth-order valence-electron chi connectivity index (χ4n) is 3.17. The Morgan fingerprint density at radius 1 is 1.00 bits per heavy atom. The van der Waals surface area contributed by atoms with Crippen LogP contribution in [0.3, 0.4) is 0 Å². The summed E-state index contributed by atoms with van der Waals surface area (Å²) in [5.74, 6) is 0. The average molecular weight is 321 g/mol. The molecule has 0 unspecified atom stereocenters. The minimum atomic E-state index is 0.0644. The van der Waals surface area contributed by atoms with E-state index in [1.807, 2.05) is 4.68 Å². The summed E-state index contributed by atoms with van der Waals surface area (Å²) in [6.07, 6.45) is 4.89. The molecule has 0 atom stereocenters. The van der Waals surface area contributed by atoms with Gasteiger partial charge in [-0.25, -0.2) is 4.68 Å². The molecule has 3 heteroatoms. The molecular formula is C21H27N3. The minimum Gasteiger partial charge on any atom is -0.213 e. The molecule has 1 aromatic heterocycles. The molecule has 126 valence electrons. The number of hydrogen-bond donors (Lipinski definition) is 0. The Labute approximate surface area is 144 Å². The van der Waals surface area contributed by atoms with Crippen molar-refractivity contribution in [2.75, 3.05) is 0 Å². The number of rotatable bonds is 5. The predicted octanol–water partition coefficient (Wildman–Crippen LogP) is 5.45. The van der Waals surface area contributed by atoms with Gasteiger partial charge in [0, 0.05) is 0 Å². The number of fused-ring (bicyclic) bond motifs is 1. The molecule has 0 spiro atoms. The molecule has 3 nitrogen and oxygen atoms in total. The monoisotopic (exact) mass is 321 g/mol. The molecule has 1 heterocycles. The third-order valence-corrected chi connectivity index (χ3v) is 4.52.